The number of imidazole rings is 1. The van der Waals surface area contributed by atoms with Crippen molar-refractivity contribution in [1.29, 1.82) is 0 Å². The molecule has 0 spiro atoms. The van der Waals surface area contributed by atoms with Crippen LogP contribution in [0.15, 0.2) is 30.7 Å². The lowest BCUT2D eigenvalue weighted by molar-refractivity contribution is 0.402. The maximum atomic E-state index is 4.54. The minimum atomic E-state index is 0.752. The molecular weight excluding hydrogens is 198 g/mol. The van der Waals surface area contributed by atoms with Crippen LogP contribution in [-0.4, -0.2) is 14.5 Å². The molecule has 3 heterocycles. The van der Waals surface area contributed by atoms with Crippen molar-refractivity contribution in [3.8, 4) is 11.4 Å². The number of pyridine rings is 1. The van der Waals surface area contributed by atoms with Crippen molar-refractivity contribution in [1.82, 2.24) is 14.5 Å². The Morgan fingerprint density at radius 2 is 2.12 bits per heavy atom. The minimum Gasteiger partial charge on any atom is -0.328 e. The molecule has 3 rings (SSSR count). The fourth-order valence-electron chi connectivity index (χ4n) is 2.34. The highest BCUT2D eigenvalue weighted by atomic mass is 15.1. The number of aryl methyl sites for hydroxylation is 1. The molecule has 3 heteroatoms. The molecule has 3 nitrogen and oxygen atoms in total. The van der Waals surface area contributed by atoms with Gasteiger partial charge in [0.15, 0.2) is 0 Å². The normalized spacial score (nSPS) is 19.4. The SMILES string of the molecule is CC1CCc2cnc(-c3ccncc3)n2C1. The van der Waals surface area contributed by atoms with Crippen LogP contribution in [0.2, 0.25) is 0 Å². The van der Waals surface area contributed by atoms with Crippen molar-refractivity contribution in [2.24, 2.45) is 5.92 Å². The van der Waals surface area contributed by atoms with E-state index in [-0.39, 0.29) is 0 Å². The van der Waals surface area contributed by atoms with Crippen molar-refractivity contribution in [3.63, 3.8) is 0 Å². The van der Waals surface area contributed by atoms with Gasteiger partial charge in [-0.3, -0.25) is 4.98 Å². The van der Waals surface area contributed by atoms with E-state index in [0.29, 0.717) is 0 Å². The third kappa shape index (κ3) is 1.52. The van der Waals surface area contributed by atoms with Gasteiger partial charge in [0.1, 0.15) is 5.82 Å². The Kier molecular flexibility index (Phi) is 2.24. The van der Waals surface area contributed by atoms with Gasteiger partial charge in [0.25, 0.3) is 0 Å². The number of rotatable bonds is 1. The highest BCUT2D eigenvalue weighted by Crippen LogP contribution is 2.26. The molecule has 0 aromatic carbocycles. The quantitative estimate of drug-likeness (QED) is 0.728. The molecule has 0 fully saturated rings. The van der Waals surface area contributed by atoms with E-state index in [0.717, 1.165) is 30.3 Å². The predicted molar refractivity (Wildman–Crippen MR) is 62.9 cm³/mol. The highest BCUT2D eigenvalue weighted by Gasteiger charge is 2.18. The van der Waals surface area contributed by atoms with Gasteiger partial charge in [-0.05, 0) is 30.9 Å². The number of fused-ring (bicyclic) bond motifs is 1. The van der Waals surface area contributed by atoms with E-state index in [1.807, 2.05) is 30.7 Å². The average Bonchev–Trinajstić information content (AvgIpc) is 2.73. The molecule has 1 atom stereocenters. The van der Waals surface area contributed by atoms with Gasteiger partial charge in [0.05, 0.1) is 0 Å². The summed E-state index contributed by atoms with van der Waals surface area (Å²) in [7, 11) is 0. The largest absolute Gasteiger partial charge is 0.328 e. The first-order chi connectivity index (χ1) is 7.84. The Labute approximate surface area is 95.2 Å². The molecule has 1 aliphatic heterocycles. The van der Waals surface area contributed by atoms with Gasteiger partial charge < -0.3 is 4.57 Å². The Bertz CT molecular complexity index is 487. The summed E-state index contributed by atoms with van der Waals surface area (Å²) in [5, 5.41) is 0. The van der Waals surface area contributed by atoms with E-state index in [2.05, 4.69) is 21.5 Å². The van der Waals surface area contributed by atoms with E-state index >= 15 is 0 Å². The highest BCUT2D eigenvalue weighted by molar-refractivity contribution is 5.55. The fraction of sp³-hybridized carbons (Fsp3) is 0.385. The van der Waals surface area contributed by atoms with Crippen LogP contribution in [-0.2, 0) is 13.0 Å². The molecule has 2 aromatic rings. The van der Waals surface area contributed by atoms with Crippen LogP contribution in [0.4, 0.5) is 0 Å². The summed E-state index contributed by atoms with van der Waals surface area (Å²) < 4.78 is 2.35. The molecule has 0 amide bonds. The smallest absolute Gasteiger partial charge is 0.140 e. The zero-order valence-electron chi connectivity index (χ0n) is 9.43. The van der Waals surface area contributed by atoms with E-state index in [4.69, 9.17) is 0 Å². The van der Waals surface area contributed by atoms with Crippen LogP contribution in [0.1, 0.15) is 19.0 Å². The van der Waals surface area contributed by atoms with Gasteiger partial charge in [-0.2, -0.15) is 0 Å². The Balaban J connectivity index is 2.07. The van der Waals surface area contributed by atoms with Crippen LogP contribution >= 0.6 is 0 Å². The van der Waals surface area contributed by atoms with Crippen molar-refractivity contribution in [2.75, 3.05) is 0 Å². The van der Waals surface area contributed by atoms with Gasteiger partial charge in [-0.1, -0.05) is 6.92 Å². The van der Waals surface area contributed by atoms with Crippen LogP contribution in [0.25, 0.3) is 11.4 Å². The Morgan fingerprint density at radius 3 is 2.94 bits per heavy atom. The first-order valence-electron chi connectivity index (χ1n) is 5.79. The summed E-state index contributed by atoms with van der Waals surface area (Å²) in [5.41, 5.74) is 2.53. The number of nitrogens with zero attached hydrogens (tertiary/aromatic N) is 3. The minimum absolute atomic E-state index is 0.752. The number of hydrogen-bond acceptors (Lipinski definition) is 2. The van der Waals surface area contributed by atoms with E-state index in [1.165, 1.54) is 12.1 Å². The molecule has 0 radical (unpaired) electrons. The number of aromatic nitrogens is 3. The third-order valence-corrected chi connectivity index (χ3v) is 3.26. The first kappa shape index (κ1) is 9.58. The fourth-order valence-corrected chi connectivity index (χ4v) is 2.34. The average molecular weight is 213 g/mol. The molecular formula is C13H15N3. The van der Waals surface area contributed by atoms with Crippen molar-refractivity contribution >= 4 is 0 Å². The molecule has 0 aliphatic carbocycles. The van der Waals surface area contributed by atoms with Gasteiger partial charge in [0, 0.05) is 36.4 Å². The summed E-state index contributed by atoms with van der Waals surface area (Å²) in [6, 6.07) is 4.05. The van der Waals surface area contributed by atoms with Crippen molar-refractivity contribution in [3.05, 3.63) is 36.4 Å². The summed E-state index contributed by atoms with van der Waals surface area (Å²) in [4.78, 5) is 8.58. The summed E-state index contributed by atoms with van der Waals surface area (Å²) in [5.74, 6) is 1.84. The molecule has 0 N–H and O–H groups in total. The predicted octanol–water partition coefficient (Wildman–Crippen LogP) is 2.53. The lowest BCUT2D eigenvalue weighted by atomic mass is 10.0. The van der Waals surface area contributed by atoms with Crippen molar-refractivity contribution in [2.45, 2.75) is 26.3 Å². The van der Waals surface area contributed by atoms with Crippen LogP contribution in [0.3, 0.4) is 0 Å². The Morgan fingerprint density at radius 1 is 1.31 bits per heavy atom. The molecule has 2 aromatic heterocycles. The lowest BCUT2D eigenvalue weighted by Crippen LogP contribution is -2.18. The second-order valence-electron chi connectivity index (χ2n) is 4.56. The van der Waals surface area contributed by atoms with E-state index in [9.17, 15) is 0 Å². The summed E-state index contributed by atoms with van der Waals surface area (Å²) in [6.45, 7) is 3.40. The molecule has 0 saturated heterocycles. The molecule has 82 valence electrons. The van der Waals surface area contributed by atoms with Crippen LogP contribution in [0.5, 0.6) is 0 Å². The Hall–Kier alpha value is -1.64. The summed E-state index contributed by atoms with van der Waals surface area (Å²) in [6.07, 6.45) is 8.09. The van der Waals surface area contributed by atoms with Gasteiger partial charge in [0.2, 0.25) is 0 Å². The monoisotopic (exact) mass is 213 g/mol. The van der Waals surface area contributed by atoms with Crippen molar-refractivity contribution < 1.29 is 0 Å². The maximum Gasteiger partial charge on any atom is 0.140 e. The van der Waals surface area contributed by atoms with Gasteiger partial charge >= 0.3 is 0 Å². The summed E-state index contributed by atoms with van der Waals surface area (Å²) >= 11 is 0. The van der Waals surface area contributed by atoms with E-state index < -0.39 is 0 Å². The zero-order valence-corrected chi connectivity index (χ0v) is 9.43. The van der Waals surface area contributed by atoms with Gasteiger partial charge in [-0.15, -0.1) is 0 Å². The van der Waals surface area contributed by atoms with E-state index in [1.54, 1.807) is 0 Å². The standard InChI is InChI=1S/C13H15N3/c1-10-2-3-12-8-15-13(16(12)9-10)11-4-6-14-7-5-11/h4-8,10H,2-3,9H2,1H3. The maximum absolute atomic E-state index is 4.54. The second kappa shape index (κ2) is 3.74. The molecule has 1 aliphatic rings. The molecule has 0 bridgehead atoms. The molecule has 1 unspecified atom stereocenters. The number of hydrogen-bond donors (Lipinski definition) is 0. The van der Waals surface area contributed by atoms with Crippen LogP contribution < -0.4 is 0 Å². The topological polar surface area (TPSA) is 30.7 Å². The second-order valence-corrected chi connectivity index (χ2v) is 4.56. The first-order valence-corrected chi connectivity index (χ1v) is 5.79. The van der Waals surface area contributed by atoms with Gasteiger partial charge in [-0.25, -0.2) is 4.98 Å². The zero-order chi connectivity index (χ0) is 11.0. The van der Waals surface area contributed by atoms with Crippen LogP contribution in [0, 0.1) is 5.92 Å². The third-order valence-electron chi connectivity index (χ3n) is 3.26. The molecule has 0 saturated carbocycles. The molecule has 16 heavy (non-hydrogen) atoms. The lowest BCUT2D eigenvalue weighted by Gasteiger charge is -2.22.